The van der Waals surface area contributed by atoms with Crippen molar-refractivity contribution in [2.24, 2.45) is 0 Å². The molecule has 1 heterocycles. The molecule has 0 aromatic heterocycles. The number of thiocarbonyl (C=S) groups is 1. The van der Waals surface area contributed by atoms with Gasteiger partial charge in [0.05, 0.1) is 18.8 Å². The van der Waals surface area contributed by atoms with Gasteiger partial charge in [-0.1, -0.05) is 0 Å². The molecule has 2 atom stereocenters. The largest absolute Gasteiger partial charge is 0.375 e. The molecule has 2 rings (SSSR count). The SMILES string of the molecule is CC1CN(C(=S)NC2CC2)C(C)CO1. The maximum Gasteiger partial charge on any atom is 0.169 e. The molecule has 4 heteroatoms. The van der Waals surface area contributed by atoms with Gasteiger partial charge in [0, 0.05) is 12.6 Å². The van der Waals surface area contributed by atoms with Crippen molar-refractivity contribution in [3.8, 4) is 0 Å². The van der Waals surface area contributed by atoms with Crippen molar-refractivity contribution in [3.63, 3.8) is 0 Å². The summed E-state index contributed by atoms with van der Waals surface area (Å²) in [7, 11) is 0. The fraction of sp³-hybridized carbons (Fsp3) is 0.900. The fourth-order valence-electron chi connectivity index (χ4n) is 1.67. The summed E-state index contributed by atoms with van der Waals surface area (Å²) in [5.41, 5.74) is 0. The molecule has 80 valence electrons. The molecular formula is C10H18N2OS. The third kappa shape index (κ3) is 2.36. The Morgan fingerprint density at radius 3 is 2.79 bits per heavy atom. The molecule has 0 aromatic carbocycles. The summed E-state index contributed by atoms with van der Waals surface area (Å²) in [6, 6.07) is 1.05. The molecule has 14 heavy (non-hydrogen) atoms. The van der Waals surface area contributed by atoms with Crippen LogP contribution < -0.4 is 5.32 Å². The van der Waals surface area contributed by atoms with Gasteiger partial charge in [0.15, 0.2) is 5.11 Å². The van der Waals surface area contributed by atoms with Crippen molar-refractivity contribution in [1.82, 2.24) is 10.2 Å². The van der Waals surface area contributed by atoms with E-state index in [4.69, 9.17) is 17.0 Å². The van der Waals surface area contributed by atoms with Crippen LogP contribution in [0.4, 0.5) is 0 Å². The number of hydrogen-bond acceptors (Lipinski definition) is 2. The summed E-state index contributed by atoms with van der Waals surface area (Å²) in [6.07, 6.45) is 2.84. The van der Waals surface area contributed by atoms with Gasteiger partial charge in [-0.3, -0.25) is 0 Å². The highest BCUT2D eigenvalue weighted by atomic mass is 32.1. The van der Waals surface area contributed by atoms with Crippen LogP contribution in [-0.4, -0.2) is 41.4 Å². The Balaban J connectivity index is 1.88. The second kappa shape index (κ2) is 4.03. The van der Waals surface area contributed by atoms with Crippen LogP contribution in [0.2, 0.25) is 0 Å². The van der Waals surface area contributed by atoms with E-state index in [1.807, 2.05) is 0 Å². The van der Waals surface area contributed by atoms with Gasteiger partial charge in [-0.15, -0.1) is 0 Å². The van der Waals surface area contributed by atoms with Gasteiger partial charge < -0.3 is 15.0 Å². The lowest BCUT2D eigenvalue weighted by molar-refractivity contribution is -0.0225. The molecule has 0 spiro atoms. The van der Waals surface area contributed by atoms with E-state index in [1.54, 1.807) is 0 Å². The van der Waals surface area contributed by atoms with Crippen molar-refractivity contribution in [2.75, 3.05) is 13.2 Å². The first-order chi connectivity index (χ1) is 6.66. The van der Waals surface area contributed by atoms with Gasteiger partial charge in [0.25, 0.3) is 0 Å². The standard InChI is InChI=1S/C10H18N2OS/c1-7-6-13-8(2)5-12(7)10(14)11-9-3-4-9/h7-9H,3-6H2,1-2H3,(H,11,14). The van der Waals surface area contributed by atoms with Crippen molar-refractivity contribution < 1.29 is 4.74 Å². The molecule has 1 aliphatic carbocycles. The van der Waals surface area contributed by atoms with E-state index in [0.717, 1.165) is 18.3 Å². The predicted octanol–water partition coefficient (Wildman–Crippen LogP) is 1.13. The van der Waals surface area contributed by atoms with Crippen LogP contribution in [0.25, 0.3) is 0 Å². The maximum absolute atomic E-state index is 5.56. The first-order valence-electron chi connectivity index (χ1n) is 5.35. The Morgan fingerprint density at radius 1 is 1.43 bits per heavy atom. The van der Waals surface area contributed by atoms with Gasteiger partial charge in [0.1, 0.15) is 0 Å². The Labute approximate surface area is 90.8 Å². The zero-order valence-electron chi connectivity index (χ0n) is 8.82. The summed E-state index contributed by atoms with van der Waals surface area (Å²) in [4.78, 5) is 2.25. The predicted molar refractivity (Wildman–Crippen MR) is 60.3 cm³/mol. The summed E-state index contributed by atoms with van der Waals surface area (Å²) >= 11 is 5.38. The first kappa shape index (κ1) is 10.2. The van der Waals surface area contributed by atoms with Crippen LogP contribution >= 0.6 is 12.2 Å². The third-order valence-electron chi connectivity index (χ3n) is 2.77. The number of rotatable bonds is 1. The van der Waals surface area contributed by atoms with Crippen molar-refractivity contribution in [3.05, 3.63) is 0 Å². The third-order valence-corrected chi connectivity index (χ3v) is 3.13. The lowest BCUT2D eigenvalue weighted by atomic mass is 10.2. The van der Waals surface area contributed by atoms with Crippen LogP contribution in [0, 0.1) is 0 Å². The van der Waals surface area contributed by atoms with Crippen LogP contribution in [0.3, 0.4) is 0 Å². The van der Waals surface area contributed by atoms with Gasteiger partial charge >= 0.3 is 0 Å². The van der Waals surface area contributed by atoms with E-state index >= 15 is 0 Å². The summed E-state index contributed by atoms with van der Waals surface area (Å²) in [5.74, 6) is 0. The Hall–Kier alpha value is -0.350. The summed E-state index contributed by atoms with van der Waals surface area (Å²) in [6.45, 7) is 5.96. The average molecular weight is 214 g/mol. The van der Waals surface area contributed by atoms with E-state index < -0.39 is 0 Å². The van der Waals surface area contributed by atoms with E-state index in [1.165, 1.54) is 12.8 Å². The van der Waals surface area contributed by atoms with Crippen LogP contribution in [-0.2, 0) is 4.74 Å². The Morgan fingerprint density at radius 2 is 2.14 bits per heavy atom. The molecule has 0 aromatic rings. The molecule has 0 amide bonds. The summed E-state index contributed by atoms with van der Waals surface area (Å²) < 4.78 is 5.56. The van der Waals surface area contributed by atoms with Crippen LogP contribution in [0.15, 0.2) is 0 Å². The highest BCUT2D eigenvalue weighted by molar-refractivity contribution is 7.80. The van der Waals surface area contributed by atoms with Crippen LogP contribution in [0.1, 0.15) is 26.7 Å². The second-order valence-corrected chi connectivity index (χ2v) is 4.76. The molecule has 1 saturated carbocycles. The lowest BCUT2D eigenvalue weighted by Crippen LogP contribution is -2.53. The van der Waals surface area contributed by atoms with Gasteiger partial charge in [0.2, 0.25) is 0 Å². The molecule has 2 fully saturated rings. The minimum absolute atomic E-state index is 0.296. The number of morpholine rings is 1. The smallest absolute Gasteiger partial charge is 0.169 e. The molecule has 1 aliphatic heterocycles. The molecule has 1 saturated heterocycles. The monoisotopic (exact) mass is 214 g/mol. The molecule has 0 bridgehead atoms. The highest BCUT2D eigenvalue weighted by Crippen LogP contribution is 2.20. The van der Waals surface area contributed by atoms with Crippen molar-refractivity contribution in [2.45, 2.75) is 44.9 Å². The number of nitrogens with zero attached hydrogens (tertiary/aromatic N) is 1. The van der Waals surface area contributed by atoms with Gasteiger partial charge in [-0.25, -0.2) is 0 Å². The molecule has 1 N–H and O–H groups in total. The lowest BCUT2D eigenvalue weighted by Gasteiger charge is -2.38. The normalized spacial score (nSPS) is 32.9. The quantitative estimate of drug-likeness (QED) is 0.661. The van der Waals surface area contributed by atoms with E-state index in [9.17, 15) is 0 Å². The van der Waals surface area contributed by atoms with E-state index in [-0.39, 0.29) is 0 Å². The second-order valence-electron chi connectivity index (χ2n) is 4.37. The zero-order valence-corrected chi connectivity index (χ0v) is 9.64. The Bertz CT molecular complexity index is 230. The van der Waals surface area contributed by atoms with E-state index in [0.29, 0.717) is 18.2 Å². The molecule has 3 nitrogen and oxygen atoms in total. The minimum atomic E-state index is 0.296. The van der Waals surface area contributed by atoms with E-state index in [2.05, 4.69) is 24.1 Å². The number of hydrogen-bond donors (Lipinski definition) is 1. The first-order valence-corrected chi connectivity index (χ1v) is 5.76. The number of nitrogens with one attached hydrogen (secondary N) is 1. The molecular weight excluding hydrogens is 196 g/mol. The average Bonchev–Trinajstić information content (AvgIpc) is 2.93. The Kier molecular flexibility index (Phi) is 2.93. The minimum Gasteiger partial charge on any atom is -0.375 e. The topological polar surface area (TPSA) is 24.5 Å². The maximum atomic E-state index is 5.56. The molecule has 2 unspecified atom stereocenters. The van der Waals surface area contributed by atoms with Gasteiger partial charge in [-0.2, -0.15) is 0 Å². The number of ether oxygens (including phenoxy) is 1. The highest BCUT2D eigenvalue weighted by Gasteiger charge is 2.29. The molecule has 0 radical (unpaired) electrons. The van der Waals surface area contributed by atoms with Crippen molar-refractivity contribution in [1.29, 1.82) is 0 Å². The van der Waals surface area contributed by atoms with Crippen LogP contribution in [0.5, 0.6) is 0 Å². The van der Waals surface area contributed by atoms with Gasteiger partial charge in [-0.05, 0) is 38.9 Å². The molecule has 2 aliphatic rings. The zero-order chi connectivity index (χ0) is 10.1. The summed E-state index contributed by atoms with van der Waals surface area (Å²) in [5, 5.41) is 4.29. The van der Waals surface area contributed by atoms with Crippen molar-refractivity contribution >= 4 is 17.3 Å². The fourth-order valence-corrected chi connectivity index (χ4v) is 2.09.